The van der Waals surface area contributed by atoms with Gasteiger partial charge in [0, 0.05) is 22.5 Å². The number of anilines is 1. The number of benzene rings is 1. The van der Waals surface area contributed by atoms with Gasteiger partial charge in [-0.1, -0.05) is 18.5 Å². The average Bonchev–Trinajstić information content (AvgIpc) is 2.38. The molecule has 0 amide bonds. The van der Waals surface area contributed by atoms with E-state index in [-0.39, 0.29) is 11.7 Å². The highest BCUT2D eigenvalue weighted by atomic mass is 35.5. The van der Waals surface area contributed by atoms with Crippen LogP contribution in [0.15, 0.2) is 36.0 Å². The minimum atomic E-state index is -0.731. The number of halogens is 1. The molecule has 1 aliphatic carbocycles. The van der Waals surface area contributed by atoms with E-state index in [0.717, 1.165) is 11.4 Å². The molecule has 0 saturated carbocycles. The van der Waals surface area contributed by atoms with Crippen molar-refractivity contribution in [3.8, 4) is 0 Å². The number of carbonyl (C=O) groups is 2. The fourth-order valence-corrected chi connectivity index (χ4v) is 2.71. The Morgan fingerprint density at radius 2 is 1.87 bits per heavy atom. The molecular formula is C18H22ClNO3. The molecule has 0 radical (unpaired) electrons. The molecule has 1 N–H and O–H groups in total. The van der Waals surface area contributed by atoms with Crippen LogP contribution in [-0.4, -0.2) is 17.4 Å². The number of hydrogen-bond donors (Lipinski definition) is 1. The summed E-state index contributed by atoms with van der Waals surface area (Å²) in [5.74, 6) is -1.51. The molecule has 0 aromatic heterocycles. The van der Waals surface area contributed by atoms with Crippen molar-refractivity contribution in [2.75, 3.05) is 5.32 Å². The second-order valence-electron chi connectivity index (χ2n) is 6.90. The fraction of sp³-hybridized carbons (Fsp3) is 0.444. The number of nitrogens with one attached hydrogen (secondary N) is 1. The summed E-state index contributed by atoms with van der Waals surface area (Å²) in [4.78, 5) is 24.6. The Balaban J connectivity index is 2.10. The maximum Gasteiger partial charge on any atom is 0.317 e. The van der Waals surface area contributed by atoms with E-state index in [0.29, 0.717) is 11.4 Å². The number of ketones is 1. The summed E-state index contributed by atoms with van der Waals surface area (Å²) in [5, 5.41) is 3.86. The van der Waals surface area contributed by atoms with Crippen molar-refractivity contribution in [2.24, 2.45) is 11.8 Å². The standard InChI is InChI=1S/C18H22ClNO3/c1-11-9-14(20-13-7-5-12(19)6-8-13)10-15(21)16(11)17(22)23-18(2,3)4/h5-8,10-11,16,20H,9H2,1-4H3/t11-,16+/m1/s1. The minimum Gasteiger partial charge on any atom is -0.459 e. The molecule has 0 heterocycles. The number of carbonyl (C=O) groups excluding carboxylic acids is 2. The molecule has 1 aromatic rings. The molecular weight excluding hydrogens is 314 g/mol. The molecule has 0 fully saturated rings. The summed E-state index contributed by atoms with van der Waals surface area (Å²) in [5.41, 5.74) is 1.06. The van der Waals surface area contributed by atoms with Gasteiger partial charge in [0.25, 0.3) is 0 Å². The third-order valence-corrected chi connectivity index (χ3v) is 3.80. The van der Waals surface area contributed by atoms with Crippen molar-refractivity contribution in [1.29, 1.82) is 0 Å². The Morgan fingerprint density at radius 1 is 1.26 bits per heavy atom. The van der Waals surface area contributed by atoms with Gasteiger partial charge in [0.05, 0.1) is 0 Å². The first kappa shape index (κ1) is 17.5. The van der Waals surface area contributed by atoms with Crippen molar-refractivity contribution in [3.05, 3.63) is 41.1 Å². The van der Waals surface area contributed by atoms with E-state index in [9.17, 15) is 9.59 Å². The van der Waals surface area contributed by atoms with Gasteiger partial charge >= 0.3 is 5.97 Å². The fourth-order valence-electron chi connectivity index (χ4n) is 2.59. The van der Waals surface area contributed by atoms with Crippen LogP contribution in [0.4, 0.5) is 5.69 Å². The summed E-state index contributed by atoms with van der Waals surface area (Å²) in [7, 11) is 0. The first-order valence-electron chi connectivity index (χ1n) is 7.65. The quantitative estimate of drug-likeness (QED) is 0.664. The van der Waals surface area contributed by atoms with Crippen LogP contribution in [0.5, 0.6) is 0 Å². The van der Waals surface area contributed by atoms with Crippen LogP contribution in [0.3, 0.4) is 0 Å². The first-order valence-corrected chi connectivity index (χ1v) is 8.03. The molecule has 0 bridgehead atoms. The zero-order valence-corrected chi connectivity index (χ0v) is 14.6. The molecule has 0 aliphatic heterocycles. The maximum absolute atomic E-state index is 12.3. The predicted molar refractivity (Wildman–Crippen MR) is 91.3 cm³/mol. The Bertz CT molecular complexity index is 629. The second kappa shape index (κ2) is 6.75. The van der Waals surface area contributed by atoms with Crippen molar-refractivity contribution < 1.29 is 14.3 Å². The molecule has 0 saturated heterocycles. The van der Waals surface area contributed by atoms with E-state index in [1.54, 1.807) is 32.9 Å². The Morgan fingerprint density at radius 3 is 2.39 bits per heavy atom. The van der Waals surface area contributed by atoms with Gasteiger partial charge in [-0.15, -0.1) is 0 Å². The van der Waals surface area contributed by atoms with Crippen molar-refractivity contribution in [1.82, 2.24) is 0 Å². The van der Waals surface area contributed by atoms with Crippen LogP contribution in [0.25, 0.3) is 0 Å². The number of hydrogen-bond acceptors (Lipinski definition) is 4. The highest BCUT2D eigenvalue weighted by molar-refractivity contribution is 6.30. The lowest BCUT2D eigenvalue weighted by Gasteiger charge is -2.29. The lowest BCUT2D eigenvalue weighted by Crippen LogP contribution is -2.38. The molecule has 124 valence electrons. The maximum atomic E-state index is 12.3. The topological polar surface area (TPSA) is 55.4 Å². The SMILES string of the molecule is C[C@@H]1CC(Nc2ccc(Cl)cc2)=CC(=O)[C@H]1C(=O)OC(C)(C)C. The summed E-state index contributed by atoms with van der Waals surface area (Å²) >= 11 is 5.86. The van der Waals surface area contributed by atoms with Gasteiger partial charge in [-0.25, -0.2) is 0 Å². The molecule has 1 aromatic carbocycles. The summed E-state index contributed by atoms with van der Waals surface area (Å²) in [6, 6.07) is 7.25. The third-order valence-electron chi connectivity index (χ3n) is 3.54. The van der Waals surface area contributed by atoms with Crippen LogP contribution < -0.4 is 5.32 Å². The lowest BCUT2D eigenvalue weighted by atomic mass is 9.81. The molecule has 4 nitrogen and oxygen atoms in total. The Labute approximate surface area is 141 Å². The van der Waals surface area contributed by atoms with E-state index in [4.69, 9.17) is 16.3 Å². The summed E-state index contributed by atoms with van der Waals surface area (Å²) in [6.45, 7) is 7.29. The smallest absolute Gasteiger partial charge is 0.317 e. The van der Waals surface area contributed by atoms with Crippen LogP contribution in [0, 0.1) is 11.8 Å². The van der Waals surface area contributed by atoms with Crippen LogP contribution in [-0.2, 0) is 14.3 Å². The van der Waals surface area contributed by atoms with E-state index in [1.165, 1.54) is 6.08 Å². The minimum absolute atomic E-state index is 0.114. The lowest BCUT2D eigenvalue weighted by molar-refractivity contribution is -0.163. The van der Waals surface area contributed by atoms with Crippen LogP contribution in [0.1, 0.15) is 34.1 Å². The zero-order valence-electron chi connectivity index (χ0n) is 13.9. The van der Waals surface area contributed by atoms with Gasteiger partial charge in [-0.2, -0.15) is 0 Å². The molecule has 2 atom stereocenters. The number of allylic oxidation sites excluding steroid dienone is 2. The molecule has 5 heteroatoms. The van der Waals surface area contributed by atoms with Gasteiger partial charge in [-0.05, 0) is 57.4 Å². The third kappa shape index (κ3) is 4.83. The molecule has 0 unspecified atom stereocenters. The second-order valence-corrected chi connectivity index (χ2v) is 7.33. The molecule has 0 spiro atoms. The van der Waals surface area contributed by atoms with Crippen molar-refractivity contribution in [2.45, 2.75) is 39.7 Å². The summed E-state index contributed by atoms with van der Waals surface area (Å²) < 4.78 is 5.36. The van der Waals surface area contributed by atoms with E-state index in [2.05, 4.69) is 5.32 Å². The normalized spacial score (nSPS) is 21.6. The highest BCUT2D eigenvalue weighted by Gasteiger charge is 2.37. The number of ether oxygens (including phenoxy) is 1. The summed E-state index contributed by atoms with van der Waals surface area (Å²) in [6.07, 6.45) is 2.11. The van der Waals surface area contributed by atoms with Gasteiger partial charge in [0.1, 0.15) is 11.5 Å². The number of esters is 1. The first-order chi connectivity index (χ1) is 10.7. The zero-order chi connectivity index (χ0) is 17.2. The van der Waals surface area contributed by atoms with E-state index in [1.807, 2.05) is 19.1 Å². The van der Waals surface area contributed by atoms with Crippen molar-refractivity contribution in [3.63, 3.8) is 0 Å². The van der Waals surface area contributed by atoms with Gasteiger partial charge < -0.3 is 10.1 Å². The number of rotatable bonds is 3. The van der Waals surface area contributed by atoms with Gasteiger partial charge in [0.15, 0.2) is 5.78 Å². The predicted octanol–water partition coefficient (Wildman–Crippen LogP) is 4.20. The van der Waals surface area contributed by atoms with Crippen molar-refractivity contribution >= 4 is 29.0 Å². The molecule has 23 heavy (non-hydrogen) atoms. The van der Waals surface area contributed by atoms with Crippen LogP contribution >= 0.6 is 11.6 Å². The average molecular weight is 336 g/mol. The van der Waals surface area contributed by atoms with Gasteiger partial charge in [-0.3, -0.25) is 9.59 Å². The Hall–Kier alpha value is -1.81. The van der Waals surface area contributed by atoms with Gasteiger partial charge in [0.2, 0.25) is 0 Å². The molecule has 1 aliphatic rings. The molecule has 2 rings (SSSR count). The Kier molecular flexibility index (Phi) is 5.15. The van der Waals surface area contributed by atoms with E-state index < -0.39 is 17.5 Å². The van der Waals surface area contributed by atoms with E-state index >= 15 is 0 Å². The van der Waals surface area contributed by atoms with Crippen LogP contribution in [0.2, 0.25) is 5.02 Å². The largest absolute Gasteiger partial charge is 0.459 e. The monoisotopic (exact) mass is 335 g/mol. The highest BCUT2D eigenvalue weighted by Crippen LogP contribution is 2.30.